The van der Waals surface area contributed by atoms with Crippen molar-refractivity contribution in [2.45, 2.75) is 64.5 Å². The number of carbonyl (C=O) groups is 1. The Balaban J connectivity index is 1.73. The highest BCUT2D eigenvalue weighted by Gasteiger charge is 2.39. The summed E-state index contributed by atoms with van der Waals surface area (Å²) in [6, 6.07) is 6.60. The topological polar surface area (TPSA) is 38.1 Å². The van der Waals surface area contributed by atoms with E-state index in [2.05, 4.69) is 30.2 Å². The molecule has 138 valence electrons. The highest BCUT2D eigenvalue weighted by atomic mass is 19.1. The summed E-state index contributed by atoms with van der Waals surface area (Å²) < 4.78 is 15.7. The largest absolute Gasteiger partial charge is 0.329 e. The van der Waals surface area contributed by atoms with Gasteiger partial charge in [0.05, 0.1) is 11.7 Å². The Morgan fingerprint density at radius 3 is 2.69 bits per heavy atom. The summed E-state index contributed by atoms with van der Waals surface area (Å²) in [7, 11) is 1.54. The van der Waals surface area contributed by atoms with Gasteiger partial charge in [0.1, 0.15) is 5.56 Å². The van der Waals surface area contributed by atoms with Crippen LogP contribution in [-0.2, 0) is 19.9 Å². The number of hydrogen-bond acceptors (Lipinski definition) is 2. The lowest BCUT2D eigenvalue weighted by molar-refractivity contribution is 0.0667. The minimum atomic E-state index is -0.541. The van der Waals surface area contributed by atoms with Gasteiger partial charge in [-0.05, 0) is 69.1 Å². The first kappa shape index (κ1) is 17.3. The van der Waals surface area contributed by atoms with E-state index in [4.69, 9.17) is 0 Å². The Kier molecular flexibility index (Phi) is 4.33. The molecule has 1 saturated carbocycles. The molecular formula is C21H26FN3O. The maximum absolute atomic E-state index is 14.5. The SMILES string of the molecule is Cc1nn(C)c(F)c1C(=O)N(C1CC1)C(C)c1cccc2c1CCCC2. The molecule has 0 aliphatic heterocycles. The Morgan fingerprint density at radius 1 is 1.31 bits per heavy atom. The van der Waals surface area contributed by atoms with Crippen LogP contribution in [0.2, 0.25) is 0 Å². The summed E-state index contributed by atoms with van der Waals surface area (Å²) >= 11 is 0. The molecule has 1 unspecified atom stereocenters. The molecule has 26 heavy (non-hydrogen) atoms. The number of nitrogens with zero attached hydrogens (tertiary/aromatic N) is 3. The van der Waals surface area contributed by atoms with Crippen LogP contribution in [0.4, 0.5) is 4.39 Å². The monoisotopic (exact) mass is 355 g/mol. The third kappa shape index (κ3) is 2.83. The van der Waals surface area contributed by atoms with Crippen molar-refractivity contribution in [3.63, 3.8) is 0 Å². The van der Waals surface area contributed by atoms with Crippen LogP contribution >= 0.6 is 0 Å². The average molecular weight is 355 g/mol. The molecule has 4 rings (SSSR count). The molecule has 2 aromatic rings. The lowest BCUT2D eigenvalue weighted by Crippen LogP contribution is -2.37. The quantitative estimate of drug-likeness (QED) is 0.828. The van der Waals surface area contributed by atoms with Crippen LogP contribution in [0.1, 0.15) is 71.4 Å². The standard InChI is InChI=1S/C21H26FN3O/c1-13-19(20(22)24(3)23-13)21(26)25(16-11-12-16)14(2)17-10-6-8-15-7-4-5-9-18(15)17/h6,8,10,14,16H,4-5,7,9,11-12H2,1-3H3. The zero-order valence-corrected chi connectivity index (χ0v) is 15.8. The van der Waals surface area contributed by atoms with Crippen LogP contribution in [0, 0.1) is 12.9 Å². The van der Waals surface area contributed by atoms with Gasteiger partial charge in [-0.3, -0.25) is 4.79 Å². The molecule has 0 saturated heterocycles. The molecule has 1 aromatic heterocycles. The van der Waals surface area contributed by atoms with Crippen LogP contribution in [0.5, 0.6) is 0 Å². The Hall–Kier alpha value is -2.17. The molecule has 5 heteroatoms. The summed E-state index contributed by atoms with van der Waals surface area (Å²) in [6.45, 7) is 3.79. The molecule has 0 spiro atoms. The van der Waals surface area contributed by atoms with Crippen molar-refractivity contribution in [1.29, 1.82) is 0 Å². The highest BCUT2D eigenvalue weighted by molar-refractivity contribution is 5.96. The molecule has 2 aliphatic rings. The molecule has 0 bridgehead atoms. The maximum Gasteiger partial charge on any atom is 0.261 e. The van der Waals surface area contributed by atoms with Crippen molar-refractivity contribution in [3.8, 4) is 0 Å². The molecule has 0 radical (unpaired) electrons. The Bertz CT molecular complexity index is 853. The van der Waals surface area contributed by atoms with Crippen LogP contribution in [0.15, 0.2) is 18.2 Å². The number of benzene rings is 1. The molecule has 1 atom stereocenters. The van der Waals surface area contributed by atoms with E-state index in [1.807, 2.05) is 4.90 Å². The zero-order valence-electron chi connectivity index (χ0n) is 15.8. The minimum Gasteiger partial charge on any atom is -0.329 e. The number of carbonyl (C=O) groups excluding carboxylic acids is 1. The molecule has 0 N–H and O–H groups in total. The first-order chi connectivity index (χ1) is 12.5. The van der Waals surface area contributed by atoms with Gasteiger partial charge < -0.3 is 4.90 Å². The van der Waals surface area contributed by atoms with Gasteiger partial charge in [-0.15, -0.1) is 0 Å². The summed E-state index contributed by atoms with van der Waals surface area (Å²) in [6.07, 6.45) is 6.60. The number of fused-ring (bicyclic) bond motifs is 1. The fourth-order valence-electron chi connectivity index (χ4n) is 4.36. The Morgan fingerprint density at radius 2 is 2.04 bits per heavy atom. The molecule has 1 aromatic carbocycles. The lowest BCUT2D eigenvalue weighted by atomic mass is 9.86. The number of aryl methyl sites for hydroxylation is 3. The number of rotatable bonds is 4. The summed E-state index contributed by atoms with van der Waals surface area (Å²) in [5.41, 5.74) is 4.61. The summed E-state index contributed by atoms with van der Waals surface area (Å²) in [5.74, 6) is -0.767. The van der Waals surface area contributed by atoms with E-state index < -0.39 is 5.95 Å². The number of halogens is 1. The smallest absolute Gasteiger partial charge is 0.261 e. The van der Waals surface area contributed by atoms with E-state index in [1.165, 1.54) is 36.6 Å². The van der Waals surface area contributed by atoms with Crippen molar-refractivity contribution >= 4 is 5.91 Å². The summed E-state index contributed by atoms with van der Waals surface area (Å²) in [4.78, 5) is 15.2. The van der Waals surface area contributed by atoms with E-state index >= 15 is 0 Å². The van der Waals surface area contributed by atoms with Gasteiger partial charge in [0, 0.05) is 13.1 Å². The summed E-state index contributed by atoms with van der Waals surface area (Å²) in [5, 5.41) is 4.09. The van der Waals surface area contributed by atoms with Crippen molar-refractivity contribution < 1.29 is 9.18 Å². The van der Waals surface area contributed by atoms with Gasteiger partial charge in [0.15, 0.2) is 0 Å². The number of hydrogen-bond donors (Lipinski definition) is 0. The van der Waals surface area contributed by atoms with Crippen molar-refractivity contribution in [1.82, 2.24) is 14.7 Å². The van der Waals surface area contributed by atoms with Crippen molar-refractivity contribution in [2.24, 2.45) is 7.05 Å². The van der Waals surface area contributed by atoms with Crippen LogP contribution in [0.3, 0.4) is 0 Å². The third-order valence-electron chi connectivity index (χ3n) is 5.84. The van der Waals surface area contributed by atoms with Gasteiger partial charge >= 0.3 is 0 Å². The second kappa shape index (κ2) is 6.53. The zero-order chi connectivity index (χ0) is 18.4. The number of amides is 1. The average Bonchev–Trinajstić information content (AvgIpc) is 3.42. The van der Waals surface area contributed by atoms with E-state index in [-0.39, 0.29) is 23.6 Å². The predicted octanol–water partition coefficient (Wildman–Crippen LogP) is 4.11. The van der Waals surface area contributed by atoms with E-state index in [0.717, 1.165) is 30.4 Å². The third-order valence-corrected chi connectivity index (χ3v) is 5.84. The minimum absolute atomic E-state index is 0.0537. The molecule has 1 amide bonds. The van der Waals surface area contributed by atoms with Gasteiger partial charge in [-0.2, -0.15) is 9.49 Å². The first-order valence-electron chi connectivity index (χ1n) is 9.61. The van der Waals surface area contributed by atoms with Crippen molar-refractivity contribution in [3.05, 3.63) is 52.1 Å². The molecule has 2 aliphatic carbocycles. The van der Waals surface area contributed by atoms with Gasteiger partial charge in [0.2, 0.25) is 5.95 Å². The van der Waals surface area contributed by atoms with Gasteiger partial charge in [-0.25, -0.2) is 4.68 Å². The lowest BCUT2D eigenvalue weighted by Gasteiger charge is -2.32. The van der Waals surface area contributed by atoms with E-state index in [1.54, 1.807) is 6.92 Å². The van der Waals surface area contributed by atoms with Gasteiger partial charge in [-0.1, -0.05) is 18.2 Å². The normalized spacial score (nSPS) is 17.7. The predicted molar refractivity (Wildman–Crippen MR) is 98.6 cm³/mol. The molecular weight excluding hydrogens is 329 g/mol. The fourth-order valence-corrected chi connectivity index (χ4v) is 4.36. The highest BCUT2D eigenvalue weighted by Crippen LogP contribution is 2.39. The van der Waals surface area contributed by atoms with Crippen molar-refractivity contribution in [2.75, 3.05) is 0 Å². The molecule has 4 nitrogen and oxygen atoms in total. The Labute approximate surface area is 154 Å². The maximum atomic E-state index is 14.5. The second-order valence-electron chi connectivity index (χ2n) is 7.69. The molecule has 1 heterocycles. The molecule has 1 fully saturated rings. The van der Waals surface area contributed by atoms with Crippen LogP contribution in [-0.4, -0.2) is 26.6 Å². The number of aromatic nitrogens is 2. The van der Waals surface area contributed by atoms with E-state index in [0.29, 0.717) is 5.69 Å². The second-order valence-corrected chi connectivity index (χ2v) is 7.69. The van der Waals surface area contributed by atoms with Gasteiger partial charge in [0.25, 0.3) is 5.91 Å². The van der Waals surface area contributed by atoms with E-state index in [9.17, 15) is 9.18 Å². The fraction of sp³-hybridized carbons (Fsp3) is 0.524. The van der Waals surface area contributed by atoms with Crippen LogP contribution in [0.25, 0.3) is 0 Å². The van der Waals surface area contributed by atoms with Crippen LogP contribution < -0.4 is 0 Å². The first-order valence-corrected chi connectivity index (χ1v) is 9.61.